The molecule has 3 rings (SSSR count). The van der Waals surface area contributed by atoms with Gasteiger partial charge in [-0.25, -0.2) is 13.4 Å². The first-order chi connectivity index (χ1) is 9.94. The Morgan fingerprint density at radius 3 is 2.62 bits per heavy atom. The standard InChI is InChI=1S/C15H21N3O2S/c1-21(19,20)11-5-6-12-13(9-11)18-14(17-12)15(10-16)7-3-2-4-8-15/h5-6,9H,2-4,7-8,10,16H2,1H3,(H,17,18). The number of sulfone groups is 1. The van der Waals surface area contributed by atoms with Gasteiger partial charge in [0.1, 0.15) is 5.82 Å². The second-order valence-electron chi connectivity index (χ2n) is 6.08. The second kappa shape index (κ2) is 5.10. The molecule has 6 heteroatoms. The predicted molar refractivity (Wildman–Crippen MR) is 83.0 cm³/mol. The Labute approximate surface area is 124 Å². The molecule has 5 nitrogen and oxygen atoms in total. The van der Waals surface area contributed by atoms with Crippen molar-refractivity contribution >= 4 is 20.9 Å². The number of imidazole rings is 1. The van der Waals surface area contributed by atoms with Crippen LogP contribution in [0.15, 0.2) is 23.1 Å². The van der Waals surface area contributed by atoms with Crippen molar-refractivity contribution in [1.29, 1.82) is 0 Å². The van der Waals surface area contributed by atoms with Gasteiger partial charge in [0.25, 0.3) is 0 Å². The van der Waals surface area contributed by atoms with Gasteiger partial charge in [0.05, 0.1) is 15.9 Å². The van der Waals surface area contributed by atoms with Gasteiger partial charge in [-0.15, -0.1) is 0 Å². The van der Waals surface area contributed by atoms with E-state index in [1.807, 2.05) is 0 Å². The Bertz CT molecular complexity index is 758. The van der Waals surface area contributed by atoms with Gasteiger partial charge < -0.3 is 10.7 Å². The summed E-state index contributed by atoms with van der Waals surface area (Å²) in [6.07, 6.45) is 6.89. The van der Waals surface area contributed by atoms with Crippen LogP contribution < -0.4 is 5.73 Å². The van der Waals surface area contributed by atoms with Gasteiger partial charge in [0.2, 0.25) is 0 Å². The smallest absolute Gasteiger partial charge is 0.175 e. The van der Waals surface area contributed by atoms with Crippen LogP contribution in [0, 0.1) is 0 Å². The summed E-state index contributed by atoms with van der Waals surface area (Å²) >= 11 is 0. The molecule has 1 aromatic carbocycles. The van der Waals surface area contributed by atoms with Crippen molar-refractivity contribution in [1.82, 2.24) is 9.97 Å². The van der Waals surface area contributed by atoms with E-state index in [0.29, 0.717) is 11.4 Å². The van der Waals surface area contributed by atoms with E-state index in [9.17, 15) is 8.42 Å². The number of hydrogen-bond acceptors (Lipinski definition) is 4. The molecular weight excluding hydrogens is 286 g/mol. The van der Waals surface area contributed by atoms with Crippen molar-refractivity contribution in [3.05, 3.63) is 24.0 Å². The number of nitrogens with zero attached hydrogens (tertiary/aromatic N) is 1. The molecule has 0 amide bonds. The SMILES string of the molecule is CS(=O)(=O)c1ccc2nc(C3(CN)CCCCC3)[nH]c2c1. The van der Waals surface area contributed by atoms with E-state index in [0.717, 1.165) is 29.7 Å². The molecule has 0 aliphatic heterocycles. The molecule has 1 heterocycles. The largest absolute Gasteiger partial charge is 0.341 e. The van der Waals surface area contributed by atoms with E-state index in [-0.39, 0.29) is 5.41 Å². The molecule has 1 aliphatic carbocycles. The van der Waals surface area contributed by atoms with E-state index in [2.05, 4.69) is 9.97 Å². The first-order valence-electron chi connectivity index (χ1n) is 7.35. The molecular formula is C15H21N3O2S. The van der Waals surface area contributed by atoms with Crippen molar-refractivity contribution < 1.29 is 8.42 Å². The average Bonchev–Trinajstić information content (AvgIpc) is 2.90. The van der Waals surface area contributed by atoms with Gasteiger partial charge in [0.15, 0.2) is 9.84 Å². The third kappa shape index (κ3) is 2.58. The lowest BCUT2D eigenvalue weighted by Gasteiger charge is -2.34. The Balaban J connectivity index is 2.08. The number of rotatable bonds is 3. The van der Waals surface area contributed by atoms with Crippen molar-refractivity contribution in [2.24, 2.45) is 5.73 Å². The van der Waals surface area contributed by atoms with Gasteiger partial charge in [0, 0.05) is 18.2 Å². The van der Waals surface area contributed by atoms with Crippen LogP contribution in [0.5, 0.6) is 0 Å². The predicted octanol–water partition coefficient (Wildman–Crippen LogP) is 2.13. The molecule has 3 N–H and O–H groups in total. The summed E-state index contributed by atoms with van der Waals surface area (Å²) in [6.45, 7) is 0.575. The molecule has 0 spiro atoms. The minimum Gasteiger partial charge on any atom is -0.341 e. The van der Waals surface area contributed by atoms with Crippen molar-refractivity contribution in [2.45, 2.75) is 42.4 Å². The highest BCUT2D eigenvalue weighted by Crippen LogP contribution is 2.38. The number of nitrogens with two attached hydrogens (primary N) is 1. The average molecular weight is 307 g/mol. The van der Waals surface area contributed by atoms with E-state index < -0.39 is 9.84 Å². The molecule has 1 aliphatic rings. The van der Waals surface area contributed by atoms with E-state index >= 15 is 0 Å². The van der Waals surface area contributed by atoms with Crippen molar-refractivity contribution in [2.75, 3.05) is 12.8 Å². The Kier molecular flexibility index (Phi) is 3.53. The highest BCUT2D eigenvalue weighted by molar-refractivity contribution is 7.90. The maximum atomic E-state index is 11.6. The molecule has 114 valence electrons. The first kappa shape index (κ1) is 14.5. The zero-order valence-corrected chi connectivity index (χ0v) is 13.0. The highest BCUT2D eigenvalue weighted by atomic mass is 32.2. The van der Waals surface area contributed by atoms with E-state index in [1.54, 1.807) is 18.2 Å². The van der Waals surface area contributed by atoms with Crippen LogP contribution in [0.25, 0.3) is 11.0 Å². The quantitative estimate of drug-likeness (QED) is 0.909. The summed E-state index contributed by atoms with van der Waals surface area (Å²) in [7, 11) is -3.20. The van der Waals surface area contributed by atoms with Crippen LogP contribution in [-0.2, 0) is 15.3 Å². The molecule has 0 radical (unpaired) electrons. The van der Waals surface area contributed by atoms with Gasteiger partial charge in [-0.3, -0.25) is 0 Å². The molecule has 1 fully saturated rings. The molecule has 0 saturated heterocycles. The summed E-state index contributed by atoms with van der Waals surface area (Å²) in [6, 6.07) is 5.03. The molecule has 0 atom stereocenters. The summed E-state index contributed by atoms with van der Waals surface area (Å²) in [5.41, 5.74) is 7.53. The second-order valence-corrected chi connectivity index (χ2v) is 8.10. The summed E-state index contributed by atoms with van der Waals surface area (Å²) < 4.78 is 23.3. The summed E-state index contributed by atoms with van der Waals surface area (Å²) in [5, 5.41) is 0. The minimum atomic E-state index is -3.20. The normalized spacial score (nSPS) is 19.0. The lowest BCUT2D eigenvalue weighted by atomic mass is 9.73. The number of aromatic nitrogens is 2. The fourth-order valence-electron chi connectivity index (χ4n) is 3.24. The Morgan fingerprint density at radius 2 is 2.00 bits per heavy atom. The summed E-state index contributed by atoms with van der Waals surface area (Å²) in [4.78, 5) is 8.30. The molecule has 1 saturated carbocycles. The van der Waals surface area contributed by atoms with Crippen LogP contribution in [0.4, 0.5) is 0 Å². The number of benzene rings is 1. The van der Waals surface area contributed by atoms with Crippen molar-refractivity contribution in [3.8, 4) is 0 Å². The zero-order valence-electron chi connectivity index (χ0n) is 12.2. The van der Waals surface area contributed by atoms with Crippen LogP contribution in [0.2, 0.25) is 0 Å². The zero-order chi connectivity index (χ0) is 15.1. The van der Waals surface area contributed by atoms with Gasteiger partial charge in [-0.2, -0.15) is 0 Å². The van der Waals surface area contributed by atoms with Crippen LogP contribution >= 0.6 is 0 Å². The number of fused-ring (bicyclic) bond motifs is 1. The topological polar surface area (TPSA) is 88.8 Å². The van der Waals surface area contributed by atoms with Crippen LogP contribution in [0.1, 0.15) is 37.9 Å². The molecule has 0 bridgehead atoms. The number of nitrogens with one attached hydrogen (secondary N) is 1. The highest BCUT2D eigenvalue weighted by Gasteiger charge is 2.35. The third-order valence-corrected chi connectivity index (χ3v) is 5.70. The lowest BCUT2D eigenvalue weighted by molar-refractivity contribution is 0.288. The fraction of sp³-hybridized carbons (Fsp3) is 0.533. The van der Waals surface area contributed by atoms with Gasteiger partial charge in [-0.05, 0) is 31.0 Å². The lowest BCUT2D eigenvalue weighted by Crippen LogP contribution is -2.38. The fourth-order valence-corrected chi connectivity index (χ4v) is 3.88. The van der Waals surface area contributed by atoms with E-state index in [4.69, 9.17) is 5.73 Å². The first-order valence-corrected chi connectivity index (χ1v) is 9.24. The van der Waals surface area contributed by atoms with Gasteiger partial charge >= 0.3 is 0 Å². The summed E-state index contributed by atoms with van der Waals surface area (Å²) in [5.74, 6) is 0.908. The van der Waals surface area contributed by atoms with Crippen molar-refractivity contribution in [3.63, 3.8) is 0 Å². The maximum Gasteiger partial charge on any atom is 0.175 e. The van der Waals surface area contributed by atoms with Crippen LogP contribution in [0.3, 0.4) is 0 Å². The third-order valence-electron chi connectivity index (χ3n) is 4.59. The molecule has 1 aromatic heterocycles. The number of aromatic amines is 1. The van der Waals surface area contributed by atoms with Crippen LogP contribution in [-0.4, -0.2) is 31.2 Å². The number of hydrogen-bond donors (Lipinski definition) is 2. The molecule has 21 heavy (non-hydrogen) atoms. The molecule has 0 unspecified atom stereocenters. The Morgan fingerprint density at radius 1 is 1.29 bits per heavy atom. The molecule has 2 aromatic rings. The number of H-pyrrole nitrogens is 1. The monoisotopic (exact) mass is 307 g/mol. The maximum absolute atomic E-state index is 11.6. The van der Waals surface area contributed by atoms with E-state index in [1.165, 1.54) is 25.5 Å². The minimum absolute atomic E-state index is 0.0808. The Hall–Kier alpha value is -1.40. The van der Waals surface area contributed by atoms with Gasteiger partial charge in [-0.1, -0.05) is 19.3 Å².